The van der Waals surface area contributed by atoms with Crippen molar-refractivity contribution in [2.45, 2.75) is 38.5 Å². The highest BCUT2D eigenvalue weighted by molar-refractivity contribution is 6.34. The van der Waals surface area contributed by atoms with Crippen molar-refractivity contribution in [2.24, 2.45) is 0 Å². The van der Waals surface area contributed by atoms with Gasteiger partial charge in [0.15, 0.2) is 5.82 Å². The predicted octanol–water partition coefficient (Wildman–Crippen LogP) is 4.91. The van der Waals surface area contributed by atoms with Crippen LogP contribution in [0, 0.1) is 5.82 Å². The number of hydrogen-bond acceptors (Lipinski definition) is 7. The van der Waals surface area contributed by atoms with E-state index in [1.807, 2.05) is 18.2 Å². The number of fused-ring (bicyclic) bond motifs is 1. The van der Waals surface area contributed by atoms with Gasteiger partial charge in [-0.2, -0.15) is 0 Å². The molecule has 0 aliphatic carbocycles. The van der Waals surface area contributed by atoms with Gasteiger partial charge in [0.25, 0.3) is 0 Å². The molecule has 0 saturated carbocycles. The first-order valence-electron chi connectivity index (χ1n) is 11.1. The fourth-order valence-corrected chi connectivity index (χ4v) is 3.99. The normalized spacial score (nSPS) is 13.6. The number of hydrogen-bond donors (Lipinski definition) is 4. The highest BCUT2D eigenvalue weighted by Gasteiger charge is 2.20. The van der Waals surface area contributed by atoms with E-state index in [4.69, 9.17) is 11.6 Å². The van der Waals surface area contributed by atoms with Crippen LogP contribution in [0.15, 0.2) is 55.0 Å². The first-order chi connectivity index (χ1) is 16.6. The second kappa shape index (κ2) is 9.83. The van der Waals surface area contributed by atoms with E-state index < -0.39 is 30.2 Å². The quantitative estimate of drug-likeness (QED) is 0.287. The molecule has 9 heteroatoms. The van der Waals surface area contributed by atoms with Gasteiger partial charge < -0.3 is 20.6 Å². The average Bonchev–Trinajstić information content (AvgIpc) is 2.84. The second-order valence-electron chi connectivity index (χ2n) is 8.91. The maximum absolute atomic E-state index is 14.6. The van der Waals surface area contributed by atoms with E-state index >= 15 is 0 Å². The van der Waals surface area contributed by atoms with E-state index in [1.165, 1.54) is 24.4 Å². The molecular formula is C26H26ClFN4O3. The Morgan fingerprint density at radius 2 is 1.74 bits per heavy atom. The van der Waals surface area contributed by atoms with Crippen molar-refractivity contribution in [3.63, 3.8) is 0 Å². The fraction of sp³-hybridized carbons (Fsp3) is 0.269. The van der Waals surface area contributed by atoms with Crippen molar-refractivity contribution in [2.75, 3.05) is 11.9 Å². The Hall–Kier alpha value is -3.17. The maximum Gasteiger partial charge on any atom is 0.159 e. The SMILES string of the molecule is C[C@@H](Nc1c(Cl)cnc2ccc(-c3cnc(C(C)(C)O)nc3)cc12)c1cc(C(O)CO)ccc1F. The smallest absolute Gasteiger partial charge is 0.159 e. The zero-order valence-corrected chi connectivity index (χ0v) is 20.3. The van der Waals surface area contributed by atoms with Gasteiger partial charge in [-0.05, 0) is 56.2 Å². The van der Waals surface area contributed by atoms with Crippen LogP contribution in [-0.4, -0.2) is 36.9 Å². The van der Waals surface area contributed by atoms with Crippen LogP contribution in [-0.2, 0) is 5.60 Å². The lowest BCUT2D eigenvalue weighted by Crippen LogP contribution is -2.19. The lowest BCUT2D eigenvalue weighted by molar-refractivity contribution is 0.0687. The minimum atomic E-state index is -1.15. The average molecular weight is 497 g/mol. The van der Waals surface area contributed by atoms with E-state index in [1.54, 1.807) is 33.2 Å². The largest absolute Gasteiger partial charge is 0.393 e. The summed E-state index contributed by atoms with van der Waals surface area (Å²) in [6, 6.07) is 9.36. The molecule has 1 unspecified atom stereocenters. The summed E-state index contributed by atoms with van der Waals surface area (Å²) in [5, 5.41) is 33.7. The van der Waals surface area contributed by atoms with Gasteiger partial charge >= 0.3 is 0 Å². The monoisotopic (exact) mass is 496 g/mol. The molecule has 0 saturated heterocycles. The van der Waals surface area contributed by atoms with E-state index in [-0.39, 0.29) is 0 Å². The van der Waals surface area contributed by atoms with Crippen molar-refractivity contribution in [1.29, 1.82) is 0 Å². The van der Waals surface area contributed by atoms with E-state index in [9.17, 15) is 19.7 Å². The van der Waals surface area contributed by atoms with Crippen molar-refractivity contribution in [3.05, 3.63) is 82.8 Å². The third-order valence-corrected chi connectivity index (χ3v) is 6.05. The molecule has 0 aliphatic heterocycles. The summed E-state index contributed by atoms with van der Waals surface area (Å²) in [6.07, 6.45) is 3.71. The number of aromatic nitrogens is 3. The first-order valence-corrected chi connectivity index (χ1v) is 11.4. The van der Waals surface area contributed by atoms with Gasteiger partial charge in [-0.3, -0.25) is 4.98 Å². The number of halogens is 2. The summed E-state index contributed by atoms with van der Waals surface area (Å²) in [5.41, 5.74) is 2.42. The highest BCUT2D eigenvalue weighted by Crippen LogP contribution is 2.36. The third-order valence-electron chi connectivity index (χ3n) is 5.76. The molecular weight excluding hydrogens is 471 g/mol. The molecule has 4 rings (SSSR count). The lowest BCUT2D eigenvalue weighted by atomic mass is 10.0. The summed E-state index contributed by atoms with van der Waals surface area (Å²) in [7, 11) is 0. The molecule has 2 heterocycles. The zero-order chi connectivity index (χ0) is 25.3. The Labute approximate surface area is 207 Å². The van der Waals surface area contributed by atoms with E-state index in [0.29, 0.717) is 33.2 Å². The number of nitrogens with one attached hydrogen (secondary N) is 1. The summed E-state index contributed by atoms with van der Waals surface area (Å²) in [5.74, 6) is -0.128. The van der Waals surface area contributed by atoms with Crippen LogP contribution in [0.5, 0.6) is 0 Å². The number of benzene rings is 2. The number of pyridine rings is 1. The van der Waals surface area contributed by atoms with Crippen LogP contribution in [0.3, 0.4) is 0 Å². The molecule has 0 spiro atoms. The topological polar surface area (TPSA) is 111 Å². The molecule has 35 heavy (non-hydrogen) atoms. The molecule has 182 valence electrons. The molecule has 0 radical (unpaired) electrons. The van der Waals surface area contributed by atoms with Crippen molar-refractivity contribution < 1.29 is 19.7 Å². The minimum Gasteiger partial charge on any atom is -0.393 e. The van der Waals surface area contributed by atoms with Gasteiger partial charge in [0, 0.05) is 35.1 Å². The van der Waals surface area contributed by atoms with Gasteiger partial charge in [-0.25, -0.2) is 14.4 Å². The molecule has 2 aromatic carbocycles. The van der Waals surface area contributed by atoms with Gasteiger partial charge in [-0.1, -0.05) is 23.7 Å². The lowest BCUT2D eigenvalue weighted by Gasteiger charge is -2.20. The van der Waals surface area contributed by atoms with Gasteiger partial charge in [0.1, 0.15) is 17.5 Å². The second-order valence-corrected chi connectivity index (χ2v) is 9.32. The highest BCUT2D eigenvalue weighted by atomic mass is 35.5. The van der Waals surface area contributed by atoms with Crippen LogP contribution in [0.1, 0.15) is 49.9 Å². The van der Waals surface area contributed by atoms with Crippen molar-refractivity contribution in [3.8, 4) is 11.1 Å². The molecule has 2 aromatic heterocycles. The number of nitrogens with zero attached hydrogens (tertiary/aromatic N) is 3. The van der Waals surface area contributed by atoms with Crippen LogP contribution < -0.4 is 5.32 Å². The first kappa shape index (κ1) is 24.9. The molecule has 7 nitrogen and oxygen atoms in total. The number of rotatable bonds is 7. The van der Waals surface area contributed by atoms with Crippen molar-refractivity contribution >= 4 is 28.2 Å². The maximum atomic E-state index is 14.6. The van der Waals surface area contributed by atoms with E-state index in [0.717, 1.165) is 16.5 Å². The fourth-order valence-electron chi connectivity index (χ4n) is 3.79. The van der Waals surface area contributed by atoms with Gasteiger partial charge in [0.05, 0.1) is 28.9 Å². The van der Waals surface area contributed by atoms with Crippen LogP contribution in [0.2, 0.25) is 5.02 Å². The Balaban J connectivity index is 1.72. The van der Waals surface area contributed by atoms with Gasteiger partial charge in [0.2, 0.25) is 0 Å². The number of aliphatic hydroxyl groups is 3. The minimum absolute atomic E-state index is 0.318. The Bertz CT molecular complexity index is 1360. The summed E-state index contributed by atoms with van der Waals surface area (Å²) in [6.45, 7) is 4.56. The van der Waals surface area contributed by atoms with Crippen LogP contribution >= 0.6 is 11.6 Å². The molecule has 0 bridgehead atoms. The summed E-state index contributed by atoms with van der Waals surface area (Å²) in [4.78, 5) is 12.9. The van der Waals surface area contributed by atoms with Crippen LogP contribution in [0.25, 0.3) is 22.0 Å². The molecule has 0 amide bonds. The predicted molar refractivity (Wildman–Crippen MR) is 134 cm³/mol. The summed E-state index contributed by atoms with van der Waals surface area (Å²) < 4.78 is 14.6. The van der Waals surface area contributed by atoms with Crippen LogP contribution in [0.4, 0.5) is 10.1 Å². The van der Waals surface area contributed by atoms with Gasteiger partial charge in [-0.15, -0.1) is 0 Å². The Kier molecular flexibility index (Phi) is 7.00. The standard InChI is InChI=1S/C26H26ClFN4O3/c1-14(18-9-16(23(34)13-33)4-6-21(18)28)32-24-19-8-15(5-7-22(19)29-12-20(24)27)17-10-30-25(31-11-17)26(2,3)35/h4-12,14,23,33-35H,13H2,1-3H3,(H,29,32)/t14-,23?/m1/s1. The molecule has 4 N–H and O–H groups in total. The third kappa shape index (κ3) is 5.26. The summed E-state index contributed by atoms with van der Waals surface area (Å²) >= 11 is 6.50. The molecule has 0 aliphatic rings. The number of anilines is 1. The Morgan fingerprint density at radius 1 is 1.03 bits per heavy atom. The van der Waals surface area contributed by atoms with Crippen molar-refractivity contribution in [1.82, 2.24) is 15.0 Å². The zero-order valence-electron chi connectivity index (χ0n) is 19.5. The number of aliphatic hydroxyl groups excluding tert-OH is 2. The molecule has 4 aromatic rings. The Morgan fingerprint density at radius 3 is 2.40 bits per heavy atom. The van der Waals surface area contributed by atoms with E-state index in [2.05, 4.69) is 20.3 Å². The molecule has 2 atom stereocenters. The molecule has 0 fully saturated rings.